The number of hydrogen-bond donors (Lipinski definition) is 4. The van der Waals surface area contributed by atoms with Crippen LogP contribution in [0.2, 0.25) is 0 Å². The smallest absolute Gasteiger partial charge is 0.411 e. The molecule has 0 spiro atoms. The van der Waals surface area contributed by atoms with Crippen LogP contribution < -0.4 is 9.84 Å². The highest BCUT2D eigenvalue weighted by Crippen LogP contribution is 2.63. The van der Waals surface area contributed by atoms with Crippen LogP contribution in [-0.4, -0.2) is 31.6 Å². The third-order valence-corrected chi connectivity index (χ3v) is 10.8. The summed E-state index contributed by atoms with van der Waals surface area (Å²) >= 11 is 4.99. The molecule has 1 amide bonds. The van der Waals surface area contributed by atoms with Gasteiger partial charge < -0.3 is 15.0 Å². The zero-order valence-corrected chi connectivity index (χ0v) is 24.0. The van der Waals surface area contributed by atoms with Crippen LogP contribution in [0.25, 0.3) is 0 Å². The van der Waals surface area contributed by atoms with Gasteiger partial charge in [0.15, 0.2) is 5.13 Å². The van der Waals surface area contributed by atoms with Crippen molar-refractivity contribution in [2.24, 2.45) is 28.3 Å². The summed E-state index contributed by atoms with van der Waals surface area (Å²) in [5.41, 5.74) is 2.86. The van der Waals surface area contributed by atoms with Crippen molar-refractivity contribution in [2.45, 2.75) is 64.7 Å². The topological polar surface area (TPSA) is 141 Å². The van der Waals surface area contributed by atoms with Gasteiger partial charge in [-0.3, -0.25) is 14.6 Å². The largest absolute Gasteiger partial charge is 0.524 e. The van der Waals surface area contributed by atoms with Gasteiger partial charge in [0.1, 0.15) is 5.75 Å². The van der Waals surface area contributed by atoms with Crippen molar-refractivity contribution in [3.05, 3.63) is 38.8 Å². The standard InChI is InChI=1S/C25H31BrN3O6PS/c1-13-12-27-24(37-13)28-21(30)8-3-14-11-20(29-31)25(2)10-9-16-15-6-7-19(35-36(32,33)34)23(26)18(15)5-4-17(16)22(14)25/h6-7,12,14,16-17,22,31H,3-5,8-11H2,1-2H3,(H,27,28,30)(H2,32,33,34)/b29-20+/t14?,16?,17?,22?,25-/m1/s1. The lowest BCUT2D eigenvalue weighted by molar-refractivity contribution is -0.116. The van der Waals surface area contributed by atoms with E-state index >= 15 is 0 Å². The van der Waals surface area contributed by atoms with Gasteiger partial charge in [-0.05, 0) is 102 Å². The van der Waals surface area contributed by atoms with Gasteiger partial charge in [-0.25, -0.2) is 9.55 Å². The number of aromatic nitrogens is 1. The van der Waals surface area contributed by atoms with Crippen molar-refractivity contribution in [3.8, 4) is 5.75 Å². The van der Waals surface area contributed by atoms with Crippen LogP contribution >= 0.6 is 35.1 Å². The predicted molar refractivity (Wildman–Crippen MR) is 144 cm³/mol. The average molecular weight is 612 g/mol. The van der Waals surface area contributed by atoms with Crippen LogP contribution in [-0.2, 0) is 15.8 Å². The lowest BCUT2D eigenvalue weighted by atomic mass is 9.54. The molecule has 4 N–H and O–H groups in total. The van der Waals surface area contributed by atoms with Crippen LogP contribution in [0.5, 0.6) is 5.75 Å². The highest BCUT2D eigenvalue weighted by Gasteiger charge is 2.57. The summed E-state index contributed by atoms with van der Waals surface area (Å²) in [6, 6.07) is 3.58. The van der Waals surface area contributed by atoms with Crippen LogP contribution in [0.3, 0.4) is 0 Å². The lowest BCUT2D eigenvalue weighted by Crippen LogP contribution is -2.44. The monoisotopic (exact) mass is 611 g/mol. The van der Waals surface area contributed by atoms with E-state index in [-0.39, 0.29) is 34.8 Å². The number of carbonyl (C=O) groups excluding carboxylic acids is 1. The fourth-order valence-electron chi connectivity index (χ4n) is 7.21. The Morgan fingerprint density at radius 3 is 2.84 bits per heavy atom. The Kier molecular flexibility index (Phi) is 7.30. The SMILES string of the molecule is Cc1cnc(NC(=O)CCC2C/C(=N\O)[C@@]3(C)CCC4c5ccc(OP(=O)(O)O)c(Br)c5CCC4C23)s1. The van der Waals surface area contributed by atoms with E-state index in [9.17, 15) is 24.4 Å². The Morgan fingerprint density at radius 2 is 2.16 bits per heavy atom. The lowest BCUT2D eigenvalue weighted by Gasteiger charge is -2.50. The molecule has 5 rings (SSSR count). The Labute approximate surface area is 228 Å². The first-order valence-electron chi connectivity index (χ1n) is 12.5. The van der Waals surface area contributed by atoms with E-state index in [0.717, 1.165) is 41.8 Å². The van der Waals surface area contributed by atoms with Crippen molar-refractivity contribution in [1.82, 2.24) is 4.98 Å². The molecule has 3 aliphatic rings. The third kappa shape index (κ3) is 5.13. The first-order valence-corrected chi connectivity index (χ1v) is 15.6. The molecular formula is C25H31BrN3O6PS. The van der Waals surface area contributed by atoms with Gasteiger partial charge in [-0.1, -0.05) is 18.1 Å². The highest BCUT2D eigenvalue weighted by atomic mass is 79.9. The van der Waals surface area contributed by atoms with E-state index in [1.807, 2.05) is 13.0 Å². The number of carbonyl (C=O) groups is 1. The zero-order valence-electron chi connectivity index (χ0n) is 20.7. The third-order valence-electron chi connectivity index (χ3n) is 8.63. The number of hydrogen-bond acceptors (Lipinski definition) is 7. The molecule has 3 aliphatic carbocycles. The molecule has 0 aliphatic heterocycles. The number of nitrogens with one attached hydrogen (secondary N) is 1. The number of benzene rings is 1. The van der Waals surface area contributed by atoms with Gasteiger partial charge in [-0.2, -0.15) is 0 Å². The summed E-state index contributed by atoms with van der Waals surface area (Å²) in [4.78, 5) is 36.5. The molecule has 200 valence electrons. The normalized spacial score (nSPS) is 29.9. The molecule has 2 fully saturated rings. The van der Waals surface area contributed by atoms with E-state index in [0.29, 0.717) is 34.8 Å². The van der Waals surface area contributed by atoms with Crippen LogP contribution in [0, 0.1) is 30.1 Å². The minimum Gasteiger partial charge on any atom is -0.411 e. The molecule has 2 saturated carbocycles. The number of phosphoric ester groups is 1. The quantitative estimate of drug-likeness (QED) is 0.178. The molecule has 9 nitrogen and oxygen atoms in total. The first kappa shape index (κ1) is 26.8. The number of aryl methyl sites for hydroxylation is 1. The number of oxime groups is 1. The molecule has 2 aromatic rings. The number of thiazole rings is 1. The van der Waals surface area contributed by atoms with E-state index in [4.69, 9.17) is 4.52 Å². The Bertz CT molecular complexity index is 1300. The number of fused-ring (bicyclic) bond motifs is 5. The molecule has 5 atom stereocenters. The van der Waals surface area contributed by atoms with Gasteiger partial charge in [0.2, 0.25) is 5.91 Å². The maximum atomic E-state index is 12.7. The van der Waals surface area contributed by atoms with Gasteiger partial charge in [0.05, 0.1) is 10.2 Å². The number of rotatable bonds is 6. The second kappa shape index (κ2) is 10.1. The number of halogens is 1. The Hall–Kier alpha value is -1.78. The van der Waals surface area contributed by atoms with Gasteiger partial charge in [-0.15, -0.1) is 11.3 Å². The number of anilines is 1. The molecule has 12 heteroatoms. The first-order chi connectivity index (χ1) is 17.5. The maximum absolute atomic E-state index is 12.7. The fourth-order valence-corrected chi connectivity index (χ4v) is 9.07. The van der Waals surface area contributed by atoms with E-state index in [1.165, 1.54) is 16.9 Å². The Morgan fingerprint density at radius 1 is 1.38 bits per heavy atom. The van der Waals surface area contributed by atoms with E-state index in [2.05, 4.69) is 38.3 Å². The van der Waals surface area contributed by atoms with Gasteiger partial charge in [0.25, 0.3) is 0 Å². The molecule has 37 heavy (non-hydrogen) atoms. The summed E-state index contributed by atoms with van der Waals surface area (Å²) in [6.45, 7) is 4.16. The maximum Gasteiger partial charge on any atom is 0.524 e. The van der Waals surface area contributed by atoms with Gasteiger partial charge in [0, 0.05) is 22.9 Å². The van der Waals surface area contributed by atoms with Crippen LogP contribution in [0.4, 0.5) is 5.13 Å². The van der Waals surface area contributed by atoms with Crippen molar-refractivity contribution < 1.29 is 28.9 Å². The van der Waals surface area contributed by atoms with Gasteiger partial charge >= 0.3 is 7.82 Å². The molecule has 1 heterocycles. The summed E-state index contributed by atoms with van der Waals surface area (Å²) < 4.78 is 16.9. The minimum absolute atomic E-state index is 0.0479. The number of nitrogens with zero attached hydrogens (tertiary/aromatic N) is 2. The second-order valence-corrected chi connectivity index (χ2v) is 13.9. The summed E-state index contributed by atoms with van der Waals surface area (Å²) in [6.07, 6.45) is 7.02. The predicted octanol–water partition coefficient (Wildman–Crippen LogP) is 6.02. The minimum atomic E-state index is -4.66. The molecule has 1 aromatic carbocycles. The highest BCUT2D eigenvalue weighted by molar-refractivity contribution is 9.10. The summed E-state index contributed by atoms with van der Waals surface area (Å²) in [5.74, 6) is 1.27. The van der Waals surface area contributed by atoms with Crippen molar-refractivity contribution >= 4 is 51.8 Å². The molecule has 4 unspecified atom stereocenters. The molecule has 0 bridgehead atoms. The Balaban J connectivity index is 1.37. The van der Waals surface area contributed by atoms with Crippen molar-refractivity contribution in [2.75, 3.05) is 5.32 Å². The van der Waals surface area contributed by atoms with Crippen LogP contribution in [0.1, 0.15) is 67.4 Å². The van der Waals surface area contributed by atoms with E-state index in [1.54, 1.807) is 12.3 Å². The van der Waals surface area contributed by atoms with Crippen LogP contribution in [0.15, 0.2) is 28.0 Å². The summed E-state index contributed by atoms with van der Waals surface area (Å²) in [5, 5.41) is 17.2. The summed E-state index contributed by atoms with van der Waals surface area (Å²) in [7, 11) is -4.66. The fraction of sp³-hybridized carbons (Fsp3) is 0.560. The zero-order chi connectivity index (χ0) is 26.5. The average Bonchev–Trinajstić information content (AvgIpc) is 3.37. The number of phosphoric acid groups is 1. The second-order valence-electron chi connectivity index (χ2n) is 10.7. The molecule has 0 radical (unpaired) electrons. The number of amides is 1. The molecule has 0 saturated heterocycles. The van der Waals surface area contributed by atoms with E-state index < -0.39 is 7.82 Å². The van der Waals surface area contributed by atoms with Crippen molar-refractivity contribution in [1.29, 1.82) is 0 Å². The van der Waals surface area contributed by atoms with Crippen molar-refractivity contribution in [3.63, 3.8) is 0 Å². The molecular weight excluding hydrogens is 581 g/mol. The molecule has 1 aromatic heterocycles.